The first-order valence-electron chi connectivity index (χ1n) is 5.73. The number of carboxylic acids is 1. The number of aliphatic carboxylic acids is 1. The van der Waals surface area contributed by atoms with Crippen LogP contribution in [0, 0.1) is 5.82 Å². The van der Waals surface area contributed by atoms with E-state index in [4.69, 9.17) is 5.11 Å². The van der Waals surface area contributed by atoms with Gasteiger partial charge in [-0.25, -0.2) is 9.18 Å². The summed E-state index contributed by atoms with van der Waals surface area (Å²) in [6, 6.07) is 5.59. The Morgan fingerprint density at radius 1 is 1.47 bits per heavy atom. The zero-order valence-corrected chi connectivity index (χ0v) is 10.7. The lowest BCUT2D eigenvalue weighted by Gasteiger charge is -2.20. The third-order valence-electron chi connectivity index (χ3n) is 2.81. The van der Waals surface area contributed by atoms with Gasteiger partial charge in [0.1, 0.15) is 5.82 Å². The van der Waals surface area contributed by atoms with Crippen molar-refractivity contribution in [3.8, 4) is 0 Å². The van der Waals surface area contributed by atoms with Gasteiger partial charge in [-0.2, -0.15) is 0 Å². The lowest BCUT2D eigenvalue weighted by atomic mass is 9.99. The van der Waals surface area contributed by atoms with Crippen LogP contribution in [0.5, 0.6) is 0 Å². The fourth-order valence-corrected chi connectivity index (χ4v) is 1.42. The van der Waals surface area contributed by atoms with E-state index in [-0.39, 0.29) is 0 Å². The van der Waals surface area contributed by atoms with Crippen molar-refractivity contribution in [1.29, 1.82) is 0 Å². The molecule has 0 aromatic heterocycles. The molecule has 0 aliphatic heterocycles. The second kappa shape index (κ2) is 5.79. The topological polar surface area (TPSA) is 86.6 Å². The van der Waals surface area contributed by atoms with Crippen LogP contribution in [0.2, 0.25) is 0 Å². The van der Waals surface area contributed by atoms with Crippen LogP contribution in [0.25, 0.3) is 0 Å². The minimum Gasteiger partial charge on any atom is -0.479 e. The fraction of sp³-hybridized carbons (Fsp3) is 0.385. The summed E-state index contributed by atoms with van der Waals surface area (Å²) >= 11 is 0. The highest BCUT2D eigenvalue weighted by atomic mass is 19.1. The molecule has 3 N–H and O–H groups in total. The molecule has 0 radical (unpaired) electrons. The highest BCUT2D eigenvalue weighted by Crippen LogP contribution is 2.16. The van der Waals surface area contributed by atoms with Gasteiger partial charge in [0.2, 0.25) is 5.91 Å². The van der Waals surface area contributed by atoms with Gasteiger partial charge in [0.15, 0.2) is 5.60 Å². The Morgan fingerprint density at radius 3 is 2.63 bits per heavy atom. The van der Waals surface area contributed by atoms with Gasteiger partial charge in [-0.05, 0) is 31.5 Å². The van der Waals surface area contributed by atoms with Crippen LogP contribution in [0.15, 0.2) is 24.3 Å². The molecule has 0 spiro atoms. The summed E-state index contributed by atoms with van der Waals surface area (Å²) in [4.78, 5) is 22.5. The second-order valence-corrected chi connectivity index (χ2v) is 4.57. The molecule has 19 heavy (non-hydrogen) atoms. The minimum atomic E-state index is -2.03. The Labute approximate surface area is 110 Å². The van der Waals surface area contributed by atoms with Crippen LogP contribution in [0.4, 0.5) is 4.39 Å². The molecule has 0 aliphatic rings. The van der Waals surface area contributed by atoms with Gasteiger partial charge in [0.05, 0.1) is 12.5 Å². The normalized spacial score (nSPS) is 15.4. The molecular weight excluding hydrogens is 253 g/mol. The number of rotatable bonds is 5. The van der Waals surface area contributed by atoms with E-state index in [0.717, 1.165) is 6.92 Å². The molecule has 1 amide bonds. The summed E-state index contributed by atoms with van der Waals surface area (Å²) in [5.74, 6) is -2.99. The predicted octanol–water partition coefficient (Wildman–Crippen LogP) is 0.881. The number of carboxylic acid groups (broad SMARTS) is 1. The molecule has 0 saturated carbocycles. The van der Waals surface area contributed by atoms with Crippen molar-refractivity contribution in [1.82, 2.24) is 5.32 Å². The summed E-state index contributed by atoms with van der Waals surface area (Å²) in [7, 11) is 0. The molecule has 1 aromatic rings. The van der Waals surface area contributed by atoms with Crippen LogP contribution in [-0.4, -0.2) is 34.2 Å². The number of hydrogen-bond acceptors (Lipinski definition) is 3. The number of halogens is 1. The molecule has 1 aromatic carbocycles. The van der Waals surface area contributed by atoms with Crippen molar-refractivity contribution in [3.63, 3.8) is 0 Å². The maximum atomic E-state index is 13.0. The van der Waals surface area contributed by atoms with E-state index in [2.05, 4.69) is 5.32 Å². The molecular formula is C13H16FNO4. The first-order chi connectivity index (χ1) is 8.74. The van der Waals surface area contributed by atoms with Gasteiger partial charge < -0.3 is 15.5 Å². The Morgan fingerprint density at radius 2 is 2.11 bits per heavy atom. The molecule has 104 valence electrons. The Hall–Kier alpha value is -1.95. The van der Waals surface area contributed by atoms with E-state index in [1.807, 2.05) is 0 Å². The fourth-order valence-electron chi connectivity index (χ4n) is 1.42. The molecule has 6 heteroatoms. The largest absolute Gasteiger partial charge is 0.479 e. The van der Waals surface area contributed by atoms with Crippen LogP contribution in [-0.2, 0) is 9.59 Å². The first kappa shape index (κ1) is 15.1. The smallest absolute Gasteiger partial charge is 0.337 e. The quantitative estimate of drug-likeness (QED) is 0.740. The van der Waals surface area contributed by atoms with Crippen molar-refractivity contribution in [2.45, 2.75) is 25.4 Å². The Balaban J connectivity index is 2.66. The maximum Gasteiger partial charge on any atom is 0.337 e. The number of aliphatic hydroxyl groups is 1. The van der Waals surface area contributed by atoms with Crippen molar-refractivity contribution >= 4 is 11.9 Å². The van der Waals surface area contributed by atoms with Gasteiger partial charge in [-0.3, -0.25) is 4.79 Å². The van der Waals surface area contributed by atoms with Gasteiger partial charge in [0, 0.05) is 0 Å². The Kier molecular flexibility index (Phi) is 4.61. The summed E-state index contributed by atoms with van der Waals surface area (Å²) in [6.07, 6.45) is 0. The van der Waals surface area contributed by atoms with E-state index < -0.39 is 35.8 Å². The van der Waals surface area contributed by atoms with Gasteiger partial charge in [-0.1, -0.05) is 12.1 Å². The average molecular weight is 269 g/mol. The van der Waals surface area contributed by atoms with Crippen LogP contribution in [0.1, 0.15) is 25.3 Å². The minimum absolute atomic E-state index is 0.416. The summed E-state index contributed by atoms with van der Waals surface area (Å²) in [6.45, 7) is 2.24. The summed E-state index contributed by atoms with van der Waals surface area (Å²) < 4.78 is 13.0. The van der Waals surface area contributed by atoms with Crippen LogP contribution < -0.4 is 5.32 Å². The molecule has 0 bridgehead atoms. The SMILES string of the molecule is CC(C(=O)NCC(C)(O)C(=O)O)c1cccc(F)c1. The van der Waals surface area contributed by atoms with E-state index in [9.17, 15) is 19.1 Å². The first-order valence-corrected chi connectivity index (χ1v) is 5.73. The predicted molar refractivity (Wildman–Crippen MR) is 66.1 cm³/mol. The number of hydrogen-bond donors (Lipinski definition) is 3. The van der Waals surface area contributed by atoms with Crippen LogP contribution in [0.3, 0.4) is 0 Å². The highest BCUT2D eigenvalue weighted by molar-refractivity contribution is 5.84. The number of nitrogens with one attached hydrogen (secondary N) is 1. The molecule has 2 unspecified atom stereocenters. The molecule has 0 heterocycles. The molecule has 0 aliphatic carbocycles. The second-order valence-electron chi connectivity index (χ2n) is 4.57. The van der Waals surface area contributed by atoms with E-state index in [1.54, 1.807) is 13.0 Å². The molecule has 1 rings (SSSR count). The van der Waals surface area contributed by atoms with Gasteiger partial charge in [-0.15, -0.1) is 0 Å². The van der Waals surface area contributed by atoms with Crippen molar-refractivity contribution in [3.05, 3.63) is 35.6 Å². The lowest BCUT2D eigenvalue weighted by Crippen LogP contribution is -2.47. The van der Waals surface area contributed by atoms with Gasteiger partial charge >= 0.3 is 5.97 Å². The van der Waals surface area contributed by atoms with E-state index in [1.165, 1.54) is 18.2 Å². The van der Waals surface area contributed by atoms with E-state index in [0.29, 0.717) is 5.56 Å². The monoisotopic (exact) mass is 269 g/mol. The number of benzene rings is 1. The number of carbonyl (C=O) groups excluding carboxylic acids is 1. The Bertz CT molecular complexity index is 487. The average Bonchev–Trinajstić information content (AvgIpc) is 2.35. The standard InChI is InChI=1S/C13H16FNO4/c1-8(9-4-3-5-10(14)6-9)11(16)15-7-13(2,19)12(17)18/h3-6,8,19H,7H2,1-2H3,(H,15,16)(H,17,18). The zero-order chi connectivity index (χ0) is 14.6. The third-order valence-corrected chi connectivity index (χ3v) is 2.81. The molecule has 0 fully saturated rings. The third kappa shape index (κ3) is 4.03. The summed E-state index contributed by atoms with van der Waals surface area (Å²) in [5, 5.41) is 20.5. The van der Waals surface area contributed by atoms with Gasteiger partial charge in [0.25, 0.3) is 0 Å². The lowest BCUT2D eigenvalue weighted by molar-refractivity contribution is -0.156. The highest BCUT2D eigenvalue weighted by Gasteiger charge is 2.31. The zero-order valence-electron chi connectivity index (χ0n) is 10.7. The number of carbonyl (C=O) groups is 2. The van der Waals surface area contributed by atoms with Crippen molar-refractivity contribution in [2.75, 3.05) is 6.54 Å². The van der Waals surface area contributed by atoms with Crippen molar-refractivity contribution < 1.29 is 24.2 Å². The van der Waals surface area contributed by atoms with Crippen LogP contribution >= 0.6 is 0 Å². The van der Waals surface area contributed by atoms with Crippen molar-refractivity contribution in [2.24, 2.45) is 0 Å². The molecule has 0 saturated heterocycles. The molecule has 2 atom stereocenters. The molecule has 5 nitrogen and oxygen atoms in total. The number of amides is 1. The summed E-state index contributed by atoms with van der Waals surface area (Å²) in [5.41, 5.74) is -1.55. The van der Waals surface area contributed by atoms with E-state index >= 15 is 0 Å². The maximum absolute atomic E-state index is 13.0.